The third kappa shape index (κ3) is 5.78. The highest BCUT2D eigenvalue weighted by Crippen LogP contribution is 2.53. The maximum atomic E-state index is 12.3. The number of allylic oxidation sites excluding steroid dienone is 1. The van der Waals surface area contributed by atoms with Crippen molar-refractivity contribution < 1.29 is 23.7 Å². The van der Waals surface area contributed by atoms with E-state index in [0.29, 0.717) is 42.0 Å². The summed E-state index contributed by atoms with van der Waals surface area (Å²) in [4.78, 5) is 0. The minimum atomic E-state index is -2.15. The molecule has 0 saturated heterocycles. The van der Waals surface area contributed by atoms with Gasteiger partial charge in [0.15, 0.2) is 14.6 Å². The minimum Gasteiger partial charge on any atom is -0.496 e. The van der Waals surface area contributed by atoms with Crippen LogP contribution in [-0.2, 0) is 18.6 Å². The van der Waals surface area contributed by atoms with Crippen molar-refractivity contribution in [1.29, 1.82) is 0 Å². The lowest BCUT2D eigenvalue weighted by atomic mass is 9.57. The van der Waals surface area contributed by atoms with Crippen molar-refractivity contribution in [2.75, 3.05) is 27.4 Å². The summed E-state index contributed by atoms with van der Waals surface area (Å²) in [6, 6.07) is 0. The molecule has 0 unspecified atom stereocenters. The van der Waals surface area contributed by atoms with Crippen LogP contribution in [0, 0.1) is 23.7 Å². The molecule has 0 aromatic heterocycles. The molecule has 1 fully saturated rings. The maximum absolute atomic E-state index is 12.3. The largest absolute Gasteiger partial charge is 0.496 e. The molecule has 5 atom stereocenters. The van der Waals surface area contributed by atoms with Gasteiger partial charge in [0.1, 0.15) is 11.4 Å². The second-order valence-electron chi connectivity index (χ2n) is 10.9. The number of ether oxygens (including phenoxy) is 3. The zero-order chi connectivity index (χ0) is 25.7. The average Bonchev–Trinajstić information content (AvgIpc) is 2.71. The van der Waals surface area contributed by atoms with Crippen LogP contribution < -0.4 is 0 Å². The van der Waals surface area contributed by atoms with Crippen molar-refractivity contribution in [3.63, 3.8) is 0 Å². The fourth-order valence-corrected chi connectivity index (χ4v) is 12.3. The summed E-state index contributed by atoms with van der Waals surface area (Å²) >= 11 is 0. The van der Waals surface area contributed by atoms with E-state index in [-0.39, 0.29) is 30.0 Å². The molecule has 0 aromatic rings. The molecule has 0 heterocycles. The van der Waals surface area contributed by atoms with E-state index in [0.717, 1.165) is 5.57 Å². The molecule has 0 radical (unpaired) electrons. The van der Waals surface area contributed by atoms with Crippen molar-refractivity contribution in [2.24, 2.45) is 23.7 Å². The second-order valence-corrected chi connectivity index (χ2v) is 16.4. The molecule has 1 N–H and O–H groups in total. The van der Waals surface area contributed by atoms with Crippen LogP contribution in [0.4, 0.5) is 0 Å². The van der Waals surface area contributed by atoms with Crippen molar-refractivity contribution in [3.8, 4) is 0 Å². The standard InChI is InChI=1S/C27H52O5Si/c1-14-31-22(11)27(28)21(10)15-23(26(29-12)30-13)25(17(2)3)24(27)16-32-33(18(4)5,19(6)7)20(8)9/h18-21,23-26,28H,2,11,14-16H2,1,3-10,12-13H3/t21-,23+,24+,25-,27+/m1/s1. The average molecular weight is 485 g/mol. The van der Waals surface area contributed by atoms with E-state index in [1.807, 2.05) is 13.8 Å². The quantitative estimate of drug-likeness (QED) is 0.139. The lowest BCUT2D eigenvalue weighted by molar-refractivity contribution is -0.202. The summed E-state index contributed by atoms with van der Waals surface area (Å²) in [5.74, 6) is 0.0362. The third-order valence-corrected chi connectivity index (χ3v) is 14.3. The molecule has 0 bridgehead atoms. The highest BCUT2D eigenvalue weighted by atomic mass is 28.4. The number of hydrogen-bond donors (Lipinski definition) is 1. The summed E-state index contributed by atoms with van der Waals surface area (Å²) in [6.45, 7) is 29.1. The highest BCUT2D eigenvalue weighted by Gasteiger charge is 2.58. The summed E-state index contributed by atoms with van der Waals surface area (Å²) in [7, 11) is 1.20. The van der Waals surface area contributed by atoms with Crippen LogP contribution >= 0.6 is 0 Å². The van der Waals surface area contributed by atoms with Crippen LogP contribution in [0.5, 0.6) is 0 Å². The first-order valence-electron chi connectivity index (χ1n) is 12.7. The number of hydrogen-bond acceptors (Lipinski definition) is 5. The summed E-state index contributed by atoms with van der Waals surface area (Å²) < 4.78 is 24.4. The van der Waals surface area contributed by atoms with Gasteiger partial charge in [-0.25, -0.2) is 0 Å². The Morgan fingerprint density at radius 2 is 1.52 bits per heavy atom. The predicted molar refractivity (Wildman–Crippen MR) is 140 cm³/mol. The predicted octanol–water partition coefficient (Wildman–Crippen LogP) is 6.54. The molecular weight excluding hydrogens is 432 g/mol. The van der Waals surface area contributed by atoms with E-state index in [1.165, 1.54) is 0 Å². The first-order valence-corrected chi connectivity index (χ1v) is 14.8. The molecule has 6 heteroatoms. The number of methoxy groups -OCH3 is 2. The molecule has 0 aliphatic heterocycles. The number of rotatable bonds is 13. The van der Waals surface area contributed by atoms with E-state index in [9.17, 15) is 5.11 Å². The lowest BCUT2D eigenvalue weighted by Crippen LogP contribution is -2.60. The Hall–Kier alpha value is -0.663. The van der Waals surface area contributed by atoms with Gasteiger partial charge >= 0.3 is 0 Å². The van der Waals surface area contributed by atoms with E-state index in [1.54, 1.807) is 14.2 Å². The monoisotopic (exact) mass is 484 g/mol. The molecule has 5 nitrogen and oxygen atoms in total. The SMILES string of the molecule is C=C(C)[C@@H]1[C@@H](C(OC)OC)C[C@@H](C)[C@](O)(C(=C)OCC)[C@H]1CO[Si](C(C)C)(C(C)C)C(C)C. The molecule has 1 saturated carbocycles. The van der Waals surface area contributed by atoms with Crippen molar-refractivity contribution in [3.05, 3.63) is 24.5 Å². The summed E-state index contributed by atoms with van der Waals surface area (Å²) in [6.07, 6.45) is 0.327. The fourth-order valence-electron chi connectivity index (χ4n) is 6.84. The summed E-state index contributed by atoms with van der Waals surface area (Å²) in [5, 5.41) is 12.3. The first-order chi connectivity index (χ1) is 15.3. The Balaban J connectivity index is 3.62. The van der Waals surface area contributed by atoms with Gasteiger partial charge in [0.2, 0.25) is 0 Å². The zero-order valence-electron chi connectivity index (χ0n) is 23.2. The maximum Gasteiger partial charge on any atom is 0.200 e. The van der Waals surface area contributed by atoms with E-state index >= 15 is 0 Å². The van der Waals surface area contributed by atoms with Crippen LogP contribution in [-0.4, -0.2) is 52.7 Å². The van der Waals surface area contributed by atoms with Crippen LogP contribution in [0.15, 0.2) is 24.5 Å². The van der Waals surface area contributed by atoms with Crippen molar-refractivity contribution in [1.82, 2.24) is 0 Å². The Kier molecular flexibility index (Phi) is 11.4. The van der Waals surface area contributed by atoms with Gasteiger partial charge in [-0.15, -0.1) is 0 Å². The topological polar surface area (TPSA) is 57.2 Å². The lowest BCUT2D eigenvalue weighted by Gasteiger charge is -2.54. The highest BCUT2D eigenvalue weighted by molar-refractivity contribution is 6.77. The smallest absolute Gasteiger partial charge is 0.200 e. The molecule has 0 amide bonds. The van der Waals surface area contributed by atoms with E-state index in [2.05, 4.69) is 61.6 Å². The van der Waals surface area contributed by atoms with Crippen molar-refractivity contribution >= 4 is 8.32 Å². The Labute approximate surface area is 205 Å². The Morgan fingerprint density at radius 1 is 1.03 bits per heavy atom. The molecule has 194 valence electrons. The van der Waals surface area contributed by atoms with Gasteiger partial charge in [0.25, 0.3) is 0 Å². The van der Waals surface area contributed by atoms with Gasteiger partial charge in [-0.1, -0.05) is 67.2 Å². The van der Waals surface area contributed by atoms with Gasteiger partial charge in [0.05, 0.1) is 6.61 Å². The summed E-state index contributed by atoms with van der Waals surface area (Å²) in [5.41, 5.74) is 1.12. The molecule has 0 aromatic carbocycles. The van der Waals surface area contributed by atoms with Crippen LogP contribution in [0.1, 0.15) is 68.7 Å². The van der Waals surface area contributed by atoms with Crippen LogP contribution in [0.3, 0.4) is 0 Å². The normalized spacial score (nSPS) is 28.7. The Morgan fingerprint density at radius 3 is 1.88 bits per heavy atom. The van der Waals surface area contributed by atoms with Gasteiger partial charge in [0, 0.05) is 32.7 Å². The van der Waals surface area contributed by atoms with E-state index in [4.69, 9.17) is 18.6 Å². The van der Waals surface area contributed by atoms with E-state index < -0.39 is 13.9 Å². The van der Waals surface area contributed by atoms with Crippen molar-refractivity contribution in [2.45, 2.75) is 97.2 Å². The Bertz CT molecular complexity index is 621. The third-order valence-electron chi connectivity index (χ3n) is 8.21. The first kappa shape index (κ1) is 30.4. The zero-order valence-corrected chi connectivity index (χ0v) is 24.2. The van der Waals surface area contributed by atoms with Gasteiger partial charge in [-0.05, 0) is 48.7 Å². The van der Waals surface area contributed by atoms with Gasteiger partial charge in [-0.2, -0.15) is 0 Å². The minimum absolute atomic E-state index is 0.0454. The molecule has 1 aliphatic carbocycles. The second kappa shape index (κ2) is 12.3. The molecule has 1 rings (SSSR count). The van der Waals surface area contributed by atoms with Gasteiger partial charge < -0.3 is 23.7 Å². The number of aliphatic hydroxyl groups is 1. The van der Waals surface area contributed by atoms with Gasteiger partial charge in [-0.3, -0.25) is 0 Å². The molecular formula is C27H52O5Si. The molecule has 33 heavy (non-hydrogen) atoms. The molecule has 0 spiro atoms. The van der Waals surface area contributed by atoms with Crippen LogP contribution in [0.25, 0.3) is 0 Å². The fraction of sp³-hybridized carbons (Fsp3) is 0.852. The van der Waals surface area contributed by atoms with Crippen LogP contribution in [0.2, 0.25) is 16.6 Å². The molecule has 1 aliphatic rings.